The lowest BCUT2D eigenvalue weighted by Crippen LogP contribution is -2.19. The molecule has 15 heavy (non-hydrogen) atoms. The van der Waals surface area contributed by atoms with Crippen molar-refractivity contribution in [1.29, 1.82) is 0 Å². The first-order valence-electron chi connectivity index (χ1n) is 4.40. The minimum atomic E-state index is -1.10. The molecule has 0 amide bonds. The fraction of sp³-hybridized carbons (Fsp3) is 0.444. The van der Waals surface area contributed by atoms with E-state index in [-0.39, 0.29) is 23.1 Å². The van der Waals surface area contributed by atoms with Crippen LogP contribution in [0.4, 0.5) is 5.69 Å². The minimum absolute atomic E-state index is 0.115. The Morgan fingerprint density at radius 2 is 2.07 bits per heavy atom. The number of aliphatic hydroxyl groups excluding tert-OH is 2. The fourth-order valence-electron chi connectivity index (χ4n) is 1.09. The molecule has 0 aliphatic carbocycles. The third-order valence-electron chi connectivity index (χ3n) is 1.97. The maximum atomic E-state index is 9.66. The Morgan fingerprint density at radius 3 is 2.60 bits per heavy atom. The van der Waals surface area contributed by atoms with Crippen LogP contribution in [-0.2, 0) is 0 Å². The van der Waals surface area contributed by atoms with Gasteiger partial charge < -0.3 is 15.9 Å². The van der Waals surface area contributed by atoms with Crippen molar-refractivity contribution < 1.29 is 10.2 Å². The molecule has 0 spiro atoms. The molecule has 1 aromatic heterocycles. The molecule has 4 nitrogen and oxygen atoms in total. The summed E-state index contributed by atoms with van der Waals surface area (Å²) in [6.07, 6.45) is -1.76. The van der Waals surface area contributed by atoms with E-state index in [0.29, 0.717) is 5.69 Å². The topological polar surface area (TPSA) is 79.4 Å². The van der Waals surface area contributed by atoms with Gasteiger partial charge in [0.1, 0.15) is 6.10 Å². The summed E-state index contributed by atoms with van der Waals surface area (Å²) in [5.74, 6) is 0.265. The fourth-order valence-corrected chi connectivity index (χ4v) is 1.47. The molecule has 0 aromatic carbocycles. The summed E-state index contributed by atoms with van der Waals surface area (Å²) >= 11 is 11.1. The number of nitrogens with two attached hydrogens (primary N) is 1. The second kappa shape index (κ2) is 5.51. The molecule has 4 N–H and O–H groups in total. The van der Waals surface area contributed by atoms with E-state index < -0.39 is 12.2 Å². The molecule has 0 radical (unpaired) electrons. The lowest BCUT2D eigenvalue weighted by Gasteiger charge is -2.16. The molecule has 2 unspecified atom stereocenters. The van der Waals surface area contributed by atoms with E-state index in [4.69, 9.17) is 28.9 Å². The van der Waals surface area contributed by atoms with E-state index in [2.05, 4.69) is 4.98 Å². The molecule has 6 heteroatoms. The highest BCUT2D eigenvalue weighted by molar-refractivity contribution is 6.31. The molecular formula is C9H12Cl2N2O2. The van der Waals surface area contributed by atoms with Gasteiger partial charge >= 0.3 is 0 Å². The second-order valence-corrected chi connectivity index (χ2v) is 3.84. The Hall–Kier alpha value is -0.550. The van der Waals surface area contributed by atoms with Crippen LogP contribution in [0.15, 0.2) is 12.1 Å². The molecule has 0 aliphatic heterocycles. The average Bonchev–Trinajstić information content (AvgIpc) is 2.21. The van der Waals surface area contributed by atoms with Crippen molar-refractivity contribution >= 4 is 28.9 Å². The first-order chi connectivity index (χ1) is 7.06. The molecule has 84 valence electrons. The second-order valence-electron chi connectivity index (χ2n) is 3.11. The molecule has 0 saturated carbocycles. The molecule has 1 aromatic rings. The van der Waals surface area contributed by atoms with Crippen molar-refractivity contribution in [2.24, 2.45) is 0 Å². The predicted molar refractivity (Wildman–Crippen MR) is 60.0 cm³/mol. The van der Waals surface area contributed by atoms with Crippen LogP contribution in [0.1, 0.15) is 18.2 Å². The first kappa shape index (κ1) is 12.5. The van der Waals surface area contributed by atoms with Gasteiger partial charge in [-0.1, -0.05) is 11.6 Å². The number of nitrogen functional groups attached to an aromatic ring is 1. The maximum Gasteiger partial charge on any atom is 0.152 e. The summed E-state index contributed by atoms with van der Waals surface area (Å²) in [5.41, 5.74) is 6.08. The number of hydrogen-bond acceptors (Lipinski definition) is 4. The monoisotopic (exact) mass is 250 g/mol. The van der Waals surface area contributed by atoms with E-state index in [1.165, 1.54) is 12.1 Å². The Labute approximate surface area is 97.6 Å². The summed E-state index contributed by atoms with van der Waals surface area (Å²) in [4.78, 5) is 3.86. The van der Waals surface area contributed by atoms with Crippen LogP contribution in [0.5, 0.6) is 0 Å². The number of anilines is 1. The van der Waals surface area contributed by atoms with Gasteiger partial charge in [-0.15, -0.1) is 11.6 Å². The Bertz CT molecular complexity index is 336. The van der Waals surface area contributed by atoms with Crippen LogP contribution in [-0.4, -0.2) is 27.2 Å². The molecular weight excluding hydrogens is 239 g/mol. The Kier molecular flexibility index (Phi) is 4.60. The zero-order valence-corrected chi connectivity index (χ0v) is 9.41. The normalized spacial score (nSPS) is 14.9. The van der Waals surface area contributed by atoms with Crippen LogP contribution in [0.2, 0.25) is 5.15 Å². The number of halogens is 2. The van der Waals surface area contributed by atoms with Crippen LogP contribution in [0, 0.1) is 0 Å². The van der Waals surface area contributed by atoms with Crippen LogP contribution in [0.3, 0.4) is 0 Å². The molecule has 1 heterocycles. The van der Waals surface area contributed by atoms with E-state index in [1.807, 2.05) is 0 Å². The molecule has 2 atom stereocenters. The molecule has 0 bridgehead atoms. The number of nitrogens with zero attached hydrogens (tertiary/aromatic N) is 1. The SMILES string of the molecule is Nc1ccc(C(O)C(O)CCCl)nc1Cl. The summed E-state index contributed by atoms with van der Waals surface area (Å²) < 4.78 is 0. The summed E-state index contributed by atoms with van der Waals surface area (Å²) in [7, 11) is 0. The Balaban J connectivity index is 2.81. The zero-order chi connectivity index (χ0) is 11.4. The van der Waals surface area contributed by atoms with Gasteiger partial charge in [0.2, 0.25) is 0 Å². The van der Waals surface area contributed by atoms with Gasteiger partial charge in [0.15, 0.2) is 5.15 Å². The first-order valence-corrected chi connectivity index (χ1v) is 5.31. The van der Waals surface area contributed by atoms with Crippen molar-refractivity contribution in [3.63, 3.8) is 0 Å². The van der Waals surface area contributed by atoms with Crippen molar-refractivity contribution in [1.82, 2.24) is 4.98 Å². The number of pyridine rings is 1. The van der Waals surface area contributed by atoms with Crippen molar-refractivity contribution in [2.75, 3.05) is 11.6 Å². The van der Waals surface area contributed by atoms with Gasteiger partial charge in [0.05, 0.1) is 17.5 Å². The lowest BCUT2D eigenvalue weighted by molar-refractivity contribution is 0.0145. The van der Waals surface area contributed by atoms with Gasteiger partial charge in [0.25, 0.3) is 0 Å². The van der Waals surface area contributed by atoms with Crippen LogP contribution >= 0.6 is 23.2 Å². The highest BCUT2D eigenvalue weighted by Gasteiger charge is 2.19. The van der Waals surface area contributed by atoms with E-state index in [1.54, 1.807) is 0 Å². The summed E-state index contributed by atoms with van der Waals surface area (Å²) in [5, 5.41) is 19.3. The van der Waals surface area contributed by atoms with Crippen molar-refractivity contribution in [3.8, 4) is 0 Å². The number of alkyl halides is 1. The maximum absolute atomic E-state index is 9.66. The van der Waals surface area contributed by atoms with E-state index >= 15 is 0 Å². The van der Waals surface area contributed by atoms with E-state index in [9.17, 15) is 10.2 Å². The average molecular weight is 251 g/mol. The standard InChI is InChI=1S/C9H12Cl2N2O2/c10-4-3-7(14)8(15)6-2-1-5(12)9(11)13-6/h1-2,7-8,14-15H,3-4,12H2. The van der Waals surface area contributed by atoms with Crippen molar-refractivity contribution in [3.05, 3.63) is 23.0 Å². The van der Waals surface area contributed by atoms with Gasteiger partial charge in [-0.3, -0.25) is 0 Å². The van der Waals surface area contributed by atoms with Gasteiger partial charge in [0, 0.05) is 5.88 Å². The van der Waals surface area contributed by atoms with Crippen LogP contribution < -0.4 is 5.73 Å². The van der Waals surface area contributed by atoms with Crippen molar-refractivity contribution in [2.45, 2.75) is 18.6 Å². The summed E-state index contributed by atoms with van der Waals surface area (Å²) in [6.45, 7) is 0. The van der Waals surface area contributed by atoms with Crippen LogP contribution in [0.25, 0.3) is 0 Å². The third kappa shape index (κ3) is 3.21. The quantitative estimate of drug-likeness (QED) is 0.557. The zero-order valence-electron chi connectivity index (χ0n) is 7.90. The molecule has 0 fully saturated rings. The highest BCUT2D eigenvalue weighted by Crippen LogP contribution is 2.22. The predicted octanol–water partition coefficient (Wildman–Crippen LogP) is 1.34. The largest absolute Gasteiger partial charge is 0.396 e. The molecule has 0 saturated heterocycles. The van der Waals surface area contributed by atoms with Gasteiger partial charge in [-0.2, -0.15) is 0 Å². The van der Waals surface area contributed by atoms with Gasteiger partial charge in [-0.05, 0) is 18.6 Å². The Morgan fingerprint density at radius 1 is 1.40 bits per heavy atom. The molecule has 1 rings (SSSR count). The lowest BCUT2D eigenvalue weighted by atomic mass is 10.1. The number of rotatable bonds is 4. The minimum Gasteiger partial charge on any atom is -0.396 e. The smallest absolute Gasteiger partial charge is 0.152 e. The molecule has 0 aliphatic rings. The van der Waals surface area contributed by atoms with E-state index in [0.717, 1.165) is 0 Å². The third-order valence-corrected chi connectivity index (χ3v) is 2.49. The number of aromatic nitrogens is 1. The summed E-state index contributed by atoms with van der Waals surface area (Å²) in [6, 6.07) is 3.05. The highest BCUT2D eigenvalue weighted by atomic mass is 35.5. The van der Waals surface area contributed by atoms with Gasteiger partial charge in [-0.25, -0.2) is 4.98 Å². The number of aliphatic hydroxyl groups is 2. The number of hydrogen-bond donors (Lipinski definition) is 3.